The van der Waals surface area contributed by atoms with Gasteiger partial charge in [-0.25, -0.2) is 9.37 Å². The molecule has 0 aromatic carbocycles. The second kappa shape index (κ2) is 5.37. The van der Waals surface area contributed by atoms with Gasteiger partial charge >= 0.3 is 0 Å². The zero-order chi connectivity index (χ0) is 11.4. The van der Waals surface area contributed by atoms with Crippen molar-refractivity contribution in [2.24, 2.45) is 0 Å². The second-order valence-electron chi connectivity index (χ2n) is 3.03. The molecule has 0 saturated carbocycles. The number of nitrogens with zero attached hydrogens (tertiary/aromatic N) is 2. The Hall–Kier alpha value is -0.750. The van der Waals surface area contributed by atoms with Crippen molar-refractivity contribution in [2.75, 3.05) is 18.1 Å². The third-order valence-electron chi connectivity index (χ3n) is 1.84. The van der Waals surface area contributed by atoms with Crippen LogP contribution in [0, 0.1) is 5.82 Å². The molecule has 0 aliphatic carbocycles. The van der Waals surface area contributed by atoms with E-state index in [1.807, 2.05) is 0 Å². The SMILES string of the molecule is CC(CNc1nc(Cl)ncc1F)S(C)=O. The fraction of sp³-hybridized carbons (Fsp3) is 0.500. The largest absolute Gasteiger partial charge is 0.366 e. The summed E-state index contributed by atoms with van der Waals surface area (Å²) < 4.78 is 24.1. The van der Waals surface area contributed by atoms with E-state index >= 15 is 0 Å². The normalized spacial score (nSPS) is 14.7. The highest BCUT2D eigenvalue weighted by molar-refractivity contribution is 7.84. The van der Waals surface area contributed by atoms with Crippen LogP contribution < -0.4 is 5.32 Å². The first-order chi connectivity index (χ1) is 7.00. The maximum atomic E-state index is 13.1. The lowest BCUT2D eigenvalue weighted by Gasteiger charge is -2.10. The second-order valence-corrected chi connectivity index (χ2v) is 5.17. The summed E-state index contributed by atoms with van der Waals surface area (Å²) in [5.41, 5.74) is 0. The molecule has 7 heteroatoms. The van der Waals surface area contributed by atoms with Crippen LogP contribution in [-0.4, -0.2) is 32.2 Å². The Morgan fingerprint density at radius 2 is 2.40 bits per heavy atom. The number of aromatic nitrogens is 2. The van der Waals surface area contributed by atoms with Crippen LogP contribution in [0.3, 0.4) is 0 Å². The fourth-order valence-electron chi connectivity index (χ4n) is 0.827. The number of hydrogen-bond acceptors (Lipinski definition) is 4. The molecule has 84 valence electrons. The minimum absolute atomic E-state index is 0.0239. The molecule has 1 aromatic rings. The highest BCUT2D eigenvalue weighted by atomic mass is 35.5. The number of nitrogens with one attached hydrogen (secondary N) is 1. The van der Waals surface area contributed by atoms with Gasteiger partial charge in [-0.3, -0.25) is 4.21 Å². The lowest BCUT2D eigenvalue weighted by atomic mass is 10.4. The van der Waals surface area contributed by atoms with E-state index in [2.05, 4.69) is 15.3 Å². The van der Waals surface area contributed by atoms with Crippen LogP contribution in [-0.2, 0) is 10.8 Å². The molecule has 0 fully saturated rings. The molecule has 1 heterocycles. The first-order valence-electron chi connectivity index (χ1n) is 4.25. The van der Waals surface area contributed by atoms with Gasteiger partial charge in [0.2, 0.25) is 5.28 Å². The summed E-state index contributed by atoms with van der Waals surface area (Å²) >= 11 is 5.51. The van der Waals surface area contributed by atoms with Gasteiger partial charge in [0, 0.05) is 28.9 Å². The van der Waals surface area contributed by atoms with Crippen LogP contribution in [0.5, 0.6) is 0 Å². The average molecular weight is 252 g/mol. The molecule has 0 spiro atoms. The van der Waals surface area contributed by atoms with E-state index in [4.69, 9.17) is 11.6 Å². The summed E-state index contributed by atoms with van der Waals surface area (Å²) in [6.07, 6.45) is 2.58. The van der Waals surface area contributed by atoms with Crippen molar-refractivity contribution >= 4 is 28.2 Å². The molecule has 15 heavy (non-hydrogen) atoms. The Labute approximate surface area is 94.7 Å². The molecule has 4 nitrogen and oxygen atoms in total. The predicted octanol–water partition coefficient (Wildman–Crippen LogP) is 1.45. The van der Waals surface area contributed by atoms with Gasteiger partial charge in [-0.15, -0.1) is 0 Å². The van der Waals surface area contributed by atoms with Crippen LogP contribution in [0.25, 0.3) is 0 Å². The lowest BCUT2D eigenvalue weighted by molar-refractivity contribution is 0.616. The zero-order valence-electron chi connectivity index (χ0n) is 8.33. The van der Waals surface area contributed by atoms with Gasteiger partial charge in [-0.1, -0.05) is 0 Å². The van der Waals surface area contributed by atoms with E-state index in [-0.39, 0.29) is 16.4 Å². The quantitative estimate of drug-likeness (QED) is 0.823. The van der Waals surface area contributed by atoms with Gasteiger partial charge in [0.15, 0.2) is 11.6 Å². The van der Waals surface area contributed by atoms with Gasteiger partial charge in [-0.2, -0.15) is 4.98 Å². The van der Waals surface area contributed by atoms with Crippen LogP contribution >= 0.6 is 11.6 Å². The van der Waals surface area contributed by atoms with E-state index in [1.165, 1.54) is 0 Å². The van der Waals surface area contributed by atoms with Crippen molar-refractivity contribution in [3.8, 4) is 0 Å². The van der Waals surface area contributed by atoms with Crippen molar-refractivity contribution < 1.29 is 8.60 Å². The summed E-state index contributed by atoms with van der Waals surface area (Å²) in [5, 5.41) is 2.62. The molecule has 2 unspecified atom stereocenters. The molecule has 1 aromatic heterocycles. The third-order valence-corrected chi connectivity index (χ3v) is 3.32. The maximum absolute atomic E-state index is 13.1. The molecular formula is C8H11ClFN3OS. The highest BCUT2D eigenvalue weighted by Crippen LogP contribution is 2.12. The van der Waals surface area contributed by atoms with Crippen molar-refractivity contribution in [1.29, 1.82) is 0 Å². The molecule has 0 bridgehead atoms. The van der Waals surface area contributed by atoms with Crippen LogP contribution in [0.15, 0.2) is 6.20 Å². The summed E-state index contributed by atoms with van der Waals surface area (Å²) in [6, 6.07) is 0. The van der Waals surface area contributed by atoms with E-state index in [9.17, 15) is 8.60 Å². The van der Waals surface area contributed by atoms with Crippen molar-refractivity contribution in [2.45, 2.75) is 12.2 Å². The molecule has 0 amide bonds. The third kappa shape index (κ3) is 3.71. The van der Waals surface area contributed by atoms with Gasteiger partial charge in [-0.05, 0) is 18.5 Å². The van der Waals surface area contributed by atoms with Crippen molar-refractivity contribution in [3.63, 3.8) is 0 Å². The average Bonchev–Trinajstić information content (AvgIpc) is 2.18. The molecule has 1 rings (SSSR count). The van der Waals surface area contributed by atoms with E-state index in [0.29, 0.717) is 6.54 Å². The van der Waals surface area contributed by atoms with Crippen LogP contribution in [0.1, 0.15) is 6.92 Å². The van der Waals surface area contributed by atoms with Gasteiger partial charge < -0.3 is 5.32 Å². The minimum Gasteiger partial charge on any atom is -0.366 e. The molecule has 0 aliphatic heterocycles. The monoisotopic (exact) mass is 251 g/mol. The Balaban J connectivity index is 2.65. The topological polar surface area (TPSA) is 54.9 Å². The zero-order valence-corrected chi connectivity index (χ0v) is 9.90. The molecule has 1 N–H and O–H groups in total. The summed E-state index contributed by atoms with van der Waals surface area (Å²) in [7, 11) is -0.957. The van der Waals surface area contributed by atoms with Crippen LogP contribution in [0.4, 0.5) is 10.2 Å². The summed E-state index contributed by atoms with van der Waals surface area (Å²) in [4.78, 5) is 7.15. The standard InChI is InChI=1S/C8H11ClFN3OS/c1-5(15(2)14)3-11-7-6(10)4-12-8(9)13-7/h4-5H,3H2,1-2H3,(H,11,12,13). The summed E-state index contributed by atoms with van der Waals surface area (Å²) in [6.45, 7) is 2.16. The van der Waals surface area contributed by atoms with Crippen molar-refractivity contribution in [3.05, 3.63) is 17.3 Å². The Morgan fingerprint density at radius 3 is 3.00 bits per heavy atom. The van der Waals surface area contributed by atoms with E-state index < -0.39 is 16.6 Å². The minimum atomic E-state index is -0.957. The van der Waals surface area contributed by atoms with E-state index in [1.54, 1.807) is 13.2 Å². The Bertz CT molecular complexity index is 377. The number of halogens is 2. The van der Waals surface area contributed by atoms with Crippen LogP contribution in [0.2, 0.25) is 5.28 Å². The Kier molecular flexibility index (Phi) is 4.41. The first-order valence-corrected chi connectivity index (χ1v) is 6.24. The maximum Gasteiger partial charge on any atom is 0.224 e. The highest BCUT2D eigenvalue weighted by Gasteiger charge is 2.09. The first kappa shape index (κ1) is 12.3. The summed E-state index contributed by atoms with van der Waals surface area (Å²) in [5.74, 6) is -0.541. The van der Waals surface area contributed by atoms with Crippen molar-refractivity contribution in [1.82, 2.24) is 9.97 Å². The molecular weight excluding hydrogens is 241 g/mol. The smallest absolute Gasteiger partial charge is 0.224 e. The number of rotatable bonds is 4. The number of anilines is 1. The predicted molar refractivity (Wildman–Crippen MR) is 59.0 cm³/mol. The lowest BCUT2D eigenvalue weighted by Crippen LogP contribution is -2.21. The fourth-order valence-corrected chi connectivity index (χ4v) is 1.28. The molecule has 2 atom stereocenters. The number of hydrogen-bond donors (Lipinski definition) is 1. The molecule has 0 aliphatic rings. The van der Waals surface area contributed by atoms with Gasteiger partial charge in [0.25, 0.3) is 0 Å². The van der Waals surface area contributed by atoms with E-state index in [0.717, 1.165) is 6.20 Å². The van der Waals surface area contributed by atoms with Gasteiger partial charge in [0.05, 0.1) is 6.20 Å². The Morgan fingerprint density at radius 1 is 1.73 bits per heavy atom. The molecule has 0 radical (unpaired) electrons. The molecule has 0 saturated heterocycles. The van der Waals surface area contributed by atoms with Gasteiger partial charge in [0.1, 0.15) is 0 Å².